The molecule has 1 aliphatic rings. The number of fused-ring (bicyclic) bond motifs is 1. The van der Waals surface area contributed by atoms with Gasteiger partial charge in [0.15, 0.2) is 0 Å². The van der Waals surface area contributed by atoms with Gasteiger partial charge in [0, 0.05) is 37.9 Å². The van der Waals surface area contributed by atoms with Crippen molar-refractivity contribution in [3.8, 4) is 0 Å². The molecular formula is C21H22N4O. The summed E-state index contributed by atoms with van der Waals surface area (Å²) in [5.41, 5.74) is 5.55. The minimum Gasteiger partial charge on any atom is -0.319 e. The summed E-state index contributed by atoms with van der Waals surface area (Å²) in [7, 11) is 1.92. The Labute approximate surface area is 153 Å². The number of nitrogens with zero attached hydrogens (tertiary/aromatic N) is 3. The molecule has 5 heteroatoms. The molecule has 0 saturated carbocycles. The lowest BCUT2D eigenvalue weighted by Crippen LogP contribution is -2.41. The van der Waals surface area contributed by atoms with E-state index in [1.54, 1.807) is 0 Å². The van der Waals surface area contributed by atoms with Gasteiger partial charge in [-0.2, -0.15) is 5.10 Å². The number of benzene rings is 2. The van der Waals surface area contributed by atoms with E-state index in [1.807, 2.05) is 66.3 Å². The molecule has 4 rings (SSSR count). The molecule has 0 saturated heterocycles. The van der Waals surface area contributed by atoms with Crippen LogP contribution in [0, 0.1) is 6.92 Å². The van der Waals surface area contributed by atoms with Gasteiger partial charge in [-0.1, -0.05) is 36.4 Å². The van der Waals surface area contributed by atoms with Crippen LogP contribution in [-0.2, 0) is 13.6 Å². The van der Waals surface area contributed by atoms with Crippen molar-refractivity contribution in [1.82, 2.24) is 14.7 Å². The molecule has 2 aromatic carbocycles. The maximum atomic E-state index is 12.9. The zero-order valence-corrected chi connectivity index (χ0v) is 15.0. The monoisotopic (exact) mass is 346 g/mol. The van der Waals surface area contributed by atoms with Gasteiger partial charge in [-0.25, -0.2) is 4.79 Å². The smallest absolute Gasteiger partial charge is 0.319 e. The number of hydrogen-bond donors (Lipinski definition) is 1. The van der Waals surface area contributed by atoms with Crippen molar-refractivity contribution in [3.05, 3.63) is 83.2 Å². The number of nitrogens with one attached hydrogen (secondary N) is 1. The normalized spacial score (nSPS) is 16.2. The number of rotatable bonds is 2. The van der Waals surface area contributed by atoms with E-state index < -0.39 is 0 Å². The van der Waals surface area contributed by atoms with Gasteiger partial charge >= 0.3 is 6.03 Å². The molecular weight excluding hydrogens is 324 g/mol. The fourth-order valence-electron chi connectivity index (χ4n) is 3.59. The predicted molar refractivity (Wildman–Crippen MR) is 102 cm³/mol. The van der Waals surface area contributed by atoms with E-state index in [9.17, 15) is 4.79 Å². The van der Waals surface area contributed by atoms with Gasteiger partial charge in [-0.15, -0.1) is 0 Å². The van der Waals surface area contributed by atoms with Gasteiger partial charge < -0.3 is 10.2 Å². The summed E-state index contributed by atoms with van der Waals surface area (Å²) >= 11 is 0. The Morgan fingerprint density at radius 1 is 1.19 bits per heavy atom. The molecule has 0 spiro atoms. The van der Waals surface area contributed by atoms with Gasteiger partial charge in [0.2, 0.25) is 0 Å². The molecule has 2 amide bonds. The molecule has 26 heavy (non-hydrogen) atoms. The molecule has 0 fully saturated rings. The number of carbonyl (C=O) groups is 1. The van der Waals surface area contributed by atoms with Crippen molar-refractivity contribution in [1.29, 1.82) is 0 Å². The van der Waals surface area contributed by atoms with Crippen molar-refractivity contribution < 1.29 is 4.79 Å². The Morgan fingerprint density at radius 2 is 2.04 bits per heavy atom. The second-order valence-corrected chi connectivity index (χ2v) is 6.88. The summed E-state index contributed by atoms with van der Waals surface area (Å²) in [5.74, 6) is 0.136. The Morgan fingerprint density at radius 3 is 2.81 bits per heavy atom. The average Bonchev–Trinajstić information content (AvgIpc) is 3.07. The first-order valence-corrected chi connectivity index (χ1v) is 8.79. The molecule has 0 bridgehead atoms. The quantitative estimate of drug-likeness (QED) is 0.765. The SMILES string of the molecule is Cc1cccc(NC(=O)N2Cc3ccccc3C(c3cnn(C)c3)C2)c1. The number of aryl methyl sites for hydroxylation is 2. The van der Waals surface area contributed by atoms with Gasteiger partial charge in [0.1, 0.15) is 0 Å². The highest BCUT2D eigenvalue weighted by Gasteiger charge is 2.29. The highest BCUT2D eigenvalue weighted by Crippen LogP contribution is 2.33. The van der Waals surface area contributed by atoms with E-state index in [0.717, 1.165) is 16.8 Å². The van der Waals surface area contributed by atoms with E-state index in [4.69, 9.17) is 0 Å². The van der Waals surface area contributed by atoms with Crippen LogP contribution in [0.3, 0.4) is 0 Å². The van der Waals surface area contributed by atoms with Gasteiger partial charge in [0.25, 0.3) is 0 Å². The van der Waals surface area contributed by atoms with Crippen molar-refractivity contribution >= 4 is 11.7 Å². The summed E-state index contributed by atoms with van der Waals surface area (Å²) in [4.78, 5) is 14.7. The zero-order valence-electron chi connectivity index (χ0n) is 15.0. The van der Waals surface area contributed by atoms with Crippen LogP contribution < -0.4 is 5.32 Å². The van der Waals surface area contributed by atoms with E-state index in [2.05, 4.69) is 28.6 Å². The third-order valence-corrected chi connectivity index (χ3v) is 4.88. The number of carbonyl (C=O) groups excluding carboxylic acids is 1. The van der Waals surface area contributed by atoms with Crippen molar-refractivity contribution in [2.24, 2.45) is 7.05 Å². The number of hydrogen-bond acceptors (Lipinski definition) is 2. The maximum absolute atomic E-state index is 12.9. The largest absolute Gasteiger partial charge is 0.322 e. The van der Waals surface area contributed by atoms with E-state index in [1.165, 1.54) is 11.1 Å². The number of aromatic nitrogens is 2. The minimum absolute atomic E-state index is 0.0704. The first-order chi connectivity index (χ1) is 12.6. The first-order valence-electron chi connectivity index (χ1n) is 8.79. The predicted octanol–water partition coefficient (Wildman–Crippen LogP) is 3.91. The highest BCUT2D eigenvalue weighted by atomic mass is 16.2. The van der Waals surface area contributed by atoms with Crippen LogP contribution in [0.1, 0.15) is 28.2 Å². The molecule has 1 unspecified atom stereocenters. The fourth-order valence-corrected chi connectivity index (χ4v) is 3.59. The van der Waals surface area contributed by atoms with Crippen molar-refractivity contribution in [2.45, 2.75) is 19.4 Å². The molecule has 1 aliphatic heterocycles. The minimum atomic E-state index is -0.0704. The van der Waals surface area contributed by atoms with Crippen LogP contribution in [0.25, 0.3) is 0 Å². The van der Waals surface area contributed by atoms with Crippen LogP contribution in [0.15, 0.2) is 60.9 Å². The fraction of sp³-hybridized carbons (Fsp3) is 0.238. The van der Waals surface area contributed by atoms with Crippen LogP contribution in [0.2, 0.25) is 0 Å². The van der Waals surface area contributed by atoms with Crippen LogP contribution in [0.4, 0.5) is 10.5 Å². The first kappa shape index (κ1) is 16.4. The van der Waals surface area contributed by atoms with E-state index in [-0.39, 0.29) is 11.9 Å². The van der Waals surface area contributed by atoms with Gasteiger partial charge in [0.05, 0.1) is 6.20 Å². The second kappa shape index (κ2) is 6.67. The Bertz CT molecular complexity index is 946. The molecule has 1 aromatic heterocycles. The van der Waals surface area contributed by atoms with Crippen LogP contribution in [-0.4, -0.2) is 27.3 Å². The molecule has 3 aromatic rings. The molecule has 0 aliphatic carbocycles. The Kier molecular flexibility index (Phi) is 4.21. The van der Waals surface area contributed by atoms with Gasteiger partial charge in [-0.3, -0.25) is 4.68 Å². The number of amides is 2. The third kappa shape index (κ3) is 3.20. The summed E-state index contributed by atoms with van der Waals surface area (Å²) in [6.45, 7) is 3.27. The Balaban J connectivity index is 1.61. The lowest BCUT2D eigenvalue weighted by molar-refractivity contribution is 0.203. The van der Waals surface area contributed by atoms with Crippen molar-refractivity contribution in [3.63, 3.8) is 0 Å². The topological polar surface area (TPSA) is 50.2 Å². The molecule has 0 radical (unpaired) electrons. The highest BCUT2D eigenvalue weighted by molar-refractivity contribution is 5.89. The summed E-state index contributed by atoms with van der Waals surface area (Å²) < 4.78 is 1.81. The maximum Gasteiger partial charge on any atom is 0.322 e. The summed E-state index contributed by atoms with van der Waals surface area (Å²) in [6.07, 6.45) is 3.92. The van der Waals surface area contributed by atoms with Crippen LogP contribution in [0.5, 0.6) is 0 Å². The molecule has 2 heterocycles. The lowest BCUT2D eigenvalue weighted by Gasteiger charge is -2.34. The third-order valence-electron chi connectivity index (χ3n) is 4.88. The second-order valence-electron chi connectivity index (χ2n) is 6.88. The Hall–Kier alpha value is -3.08. The van der Waals surface area contributed by atoms with E-state index >= 15 is 0 Å². The van der Waals surface area contributed by atoms with Gasteiger partial charge in [-0.05, 0) is 41.3 Å². The molecule has 132 valence electrons. The van der Waals surface area contributed by atoms with E-state index in [0.29, 0.717) is 13.1 Å². The average molecular weight is 346 g/mol. The molecule has 5 nitrogen and oxygen atoms in total. The summed E-state index contributed by atoms with van der Waals surface area (Å²) in [5, 5.41) is 7.34. The summed E-state index contributed by atoms with van der Waals surface area (Å²) in [6, 6.07) is 16.1. The van der Waals surface area contributed by atoms with Crippen molar-refractivity contribution in [2.75, 3.05) is 11.9 Å². The number of urea groups is 1. The zero-order chi connectivity index (χ0) is 18.1. The number of anilines is 1. The van der Waals surface area contributed by atoms with Crippen LogP contribution >= 0.6 is 0 Å². The molecule has 1 N–H and O–H groups in total. The lowest BCUT2D eigenvalue weighted by atomic mass is 9.86. The molecule has 1 atom stereocenters. The standard InChI is InChI=1S/C21H22N4O/c1-15-6-5-8-18(10-15)23-21(26)25-13-16-7-3-4-9-19(16)20(14-25)17-11-22-24(2)12-17/h3-12,20H,13-14H2,1-2H3,(H,23,26).